The Bertz CT molecular complexity index is 128. The van der Waals surface area contributed by atoms with E-state index in [9.17, 15) is 0 Å². The van der Waals surface area contributed by atoms with Crippen molar-refractivity contribution in [2.24, 2.45) is 0 Å². The molecule has 0 aromatic carbocycles. The second kappa shape index (κ2) is 6.76. The number of ether oxygens (including phenoxy) is 2. The Hall–Kier alpha value is 0.360. The minimum absolute atomic E-state index is 0.140. The summed E-state index contributed by atoms with van der Waals surface area (Å²) >= 11 is 3.17. The van der Waals surface area contributed by atoms with E-state index < -0.39 is 6.10 Å². The molecule has 0 aromatic rings. The van der Waals surface area contributed by atoms with Crippen LogP contribution in [0.2, 0.25) is 0 Å². The van der Waals surface area contributed by atoms with Crippen LogP contribution in [0, 0.1) is 0 Å². The molecule has 0 saturated heterocycles. The lowest BCUT2D eigenvalue weighted by Gasteiger charge is -2.22. The number of alkyl halides is 1. The number of halogens is 1. The molecule has 0 aromatic heterocycles. The summed E-state index contributed by atoms with van der Waals surface area (Å²) in [7, 11) is 1.69. The Kier molecular flexibility index (Phi) is 6.95. The highest BCUT2D eigenvalue weighted by molar-refractivity contribution is 9.09. The summed E-state index contributed by atoms with van der Waals surface area (Å²) in [5.41, 5.74) is -0.140. The van der Waals surface area contributed by atoms with Gasteiger partial charge in [-0.2, -0.15) is 0 Å². The fourth-order valence-electron chi connectivity index (χ4n) is 0.684. The minimum atomic E-state index is -0.411. The van der Waals surface area contributed by atoms with Gasteiger partial charge in [0, 0.05) is 19.0 Å². The Labute approximate surface area is 88.5 Å². The molecule has 0 rings (SSSR count). The zero-order valence-electron chi connectivity index (χ0n) is 8.55. The molecule has 0 aliphatic rings. The Morgan fingerprint density at radius 2 is 2.08 bits per heavy atom. The summed E-state index contributed by atoms with van der Waals surface area (Å²) < 4.78 is 10.5. The van der Waals surface area contributed by atoms with Crippen molar-refractivity contribution in [3.8, 4) is 0 Å². The van der Waals surface area contributed by atoms with E-state index in [1.807, 2.05) is 13.8 Å². The van der Waals surface area contributed by atoms with Gasteiger partial charge >= 0.3 is 0 Å². The van der Waals surface area contributed by atoms with Crippen molar-refractivity contribution in [3.63, 3.8) is 0 Å². The van der Waals surface area contributed by atoms with Gasteiger partial charge in [0.25, 0.3) is 0 Å². The van der Waals surface area contributed by atoms with Crippen molar-refractivity contribution >= 4 is 15.9 Å². The molecular formula is C9H19BrO3. The van der Waals surface area contributed by atoms with Gasteiger partial charge in [0.2, 0.25) is 0 Å². The molecule has 0 saturated carbocycles. The van der Waals surface area contributed by atoms with Crippen LogP contribution >= 0.6 is 15.9 Å². The molecule has 0 spiro atoms. The second-order valence-corrected chi connectivity index (χ2v) is 4.24. The lowest BCUT2D eigenvalue weighted by atomic mass is 10.1. The molecule has 1 unspecified atom stereocenters. The van der Waals surface area contributed by atoms with Gasteiger partial charge in [-0.05, 0) is 20.3 Å². The molecule has 0 radical (unpaired) electrons. The highest BCUT2D eigenvalue weighted by atomic mass is 79.9. The summed E-state index contributed by atoms with van der Waals surface area (Å²) in [6.07, 6.45) is 0.420. The van der Waals surface area contributed by atoms with Gasteiger partial charge < -0.3 is 14.6 Å². The Balaban J connectivity index is 3.35. The van der Waals surface area contributed by atoms with Crippen LogP contribution in [0.25, 0.3) is 0 Å². The number of hydrogen-bond donors (Lipinski definition) is 1. The lowest BCUT2D eigenvalue weighted by Crippen LogP contribution is -2.26. The van der Waals surface area contributed by atoms with Gasteiger partial charge in [-0.3, -0.25) is 0 Å². The molecule has 3 nitrogen and oxygen atoms in total. The van der Waals surface area contributed by atoms with Crippen LogP contribution in [-0.2, 0) is 9.47 Å². The summed E-state index contributed by atoms with van der Waals surface area (Å²) in [6.45, 7) is 5.02. The molecule has 0 aliphatic heterocycles. The predicted molar refractivity (Wildman–Crippen MR) is 56.3 cm³/mol. The van der Waals surface area contributed by atoms with Crippen LogP contribution in [0.4, 0.5) is 0 Å². The van der Waals surface area contributed by atoms with E-state index in [1.54, 1.807) is 7.11 Å². The predicted octanol–water partition coefficient (Wildman–Crippen LogP) is 1.57. The third-order valence-electron chi connectivity index (χ3n) is 1.89. The maximum Gasteiger partial charge on any atom is 0.0870 e. The fourth-order valence-corrected chi connectivity index (χ4v) is 0.871. The zero-order chi connectivity index (χ0) is 10.3. The first-order valence-corrected chi connectivity index (χ1v) is 5.51. The smallest absolute Gasteiger partial charge is 0.0870 e. The zero-order valence-corrected chi connectivity index (χ0v) is 10.1. The van der Waals surface area contributed by atoms with Crippen LogP contribution in [-0.4, -0.2) is 42.5 Å². The SMILES string of the molecule is COC(C)(C)CCOCC(O)CBr. The van der Waals surface area contributed by atoms with E-state index in [2.05, 4.69) is 15.9 Å². The van der Waals surface area contributed by atoms with Gasteiger partial charge in [-0.15, -0.1) is 0 Å². The molecule has 80 valence electrons. The first kappa shape index (κ1) is 13.4. The van der Waals surface area contributed by atoms with E-state index in [0.29, 0.717) is 18.5 Å². The Morgan fingerprint density at radius 3 is 2.54 bits per heavy atom. The standard InChI is InChI=1S/C9H19BrO3/c1-9(2,12-3)4-5-13-7-8(11)6-10/h8,11H,4-7H2,1-3H3. The van der Waals surface area contributed by atoms with Crippen molar-refractivity contribution in [1.29, 1.82) is 0 Å². The number of aliphatic hydroxyl groups is 1. The summed E-state index contributed by atoms with van der Waals surface area (Å²) in [6, 6.07) is 0. The first-order valence-electron chi connectivity index (χ1n) is 4.39. The molecule has 13 heavy (non-hydrogen) atoms. The molecule has 4 heteroatoms. The van der Waals surface area contributed by atoms with E-state index in [0.717, 1.165) is 6.42 Å². The van der Waals surface area contributed by atoms with Crippen molar-refractivity contribution in [3.05, 3.63) is 0 Å². The third-order valence-corrected chi connectivity index (χ3v) is 2.64. The van der Waals surface area contributed by atoms with Crippen LogP contribution < -0.4 is 0 Å². The topological polar surface area (TPSA) is 38.7 Å². The summed E-state index contributed by atoms with van der Waals surface area (Å²) in [4.78, 5) is 0. The van der Waals surface area contributed by atoms with Gasteiger partial charge in [-0.25, -0.2) is 0 Å². The first-order chi connectivity index (χ1) is 6.02. The van der Waals surface area contributed by atoms with Crippen LogP contribution in [0.1, 0.15) is 20.3 Å². The average molecular weight is 255 g/mol. The summed E-state index contributed by atoms with van der Waals surface area (Å²) in [5.74, 6) is 0. The van der Waals surface area contributed by atoms with Gasteiger partial charge in [0.05, 0.1) is 18.3 Å². The van der Waals surface area contributed by atoms with Crippen LogP contribution in [0.3, 0.4) is 0 Å². The minimum Gasteiger partial charge on any atom is -0.390 e. The van der Waals surface area contributed by atoms with E-state index >= 15 is 0 Å². The quantitative estimate of drug-likeness (QED) is 0.554. The van der Waals surface area contributed by atoms with Gasteiger partial charge in [-0.1, -0.05) is 15.9 Å². The van der Waals surface area contributed by atoms with Crippen LogP contribution in [0.15, 0.2) is 0 Å². The van der Waals surface area contributed by atoms with E-state index in [-0.39, 0.29) is 5.60 Å². The monoisotopic (exact) mass is 254 g/mol. The van der Waals surface area contributed by atoms with E-state index in [4.69, 9.17) is 14.6 Å². The number of aliphatic hydroxyl groups excluding tert-OH is 1. The maximum atomic E-state index is 9.14. The average Bonchev–Trinajstić information content (AvgIpc) is 2.12. The fraction of sp³-hybridized carbons (Fsp3) is 1.00. The van der Waals surface area contributed by atoms with Gasteiger partial charge in [0.1, 0.15) is 0 Å². The number of hydrogen-bond acceptors (Lipinski definition) is 3. The summed E-state index contributed by atoms with van der Waals surface area (Å²) in [5, 5.41) is 9.70. The van der Waals surface area contributed by atoms with Crippen molar-refractivity contribution < 1.29 is 14.6 Å². The number of rotatable bonds is 7. The second-order valence-electron chi connectivity index (χ2n) is 3.60. The molecule has 1 N–H and O–H groups in total. The van der Waals surface area contributed by atoms with Gasteiger partial charge in [0.15, 0.2) is 0 Å². The highest BCUT2D eigenvalue weighted by Gasteiger charge is 2.15. The normalized spacial score (nSPS) is 14.5. The van der Waals surface area contributed by atoms with Crippen molar-refractivity contribution in [1.82, 2.24) is 0 Å². The molecule has 0 bridgehead atoms. The molecule has 0 aliphatic carbocycles. The highest BCUT2D eigenvalue weighted by Crippen LogP contribution is 2.12. The third kappa shape index (κ3) is 7.43. The van der Waals surface area contributed by atoms with Crippen LogP contribution in [0.5, 0.6) is 0 Å². The maximum absolute atomic E-state index is 9.14. The largest absolute Gasteiger partial charge is 0.390 e. The molecule has 0 amide bonds. The molecule has 0 heterocycles. The molecule has 1 atom stereocenters. The number of methoxy groups -OCH3 is 1. The van der Waals surface area contributed by atoms with Crippen molar-refractivity contribution in [2.45, 2.75) is 32.0 Å². The molecular weight excluding hydrogens is 236 g/mol. The van der Waals surface area contributed by atoms with E-state index in [1.165, 1.54) is 0 Å². The lowest BCUT2D eigenvalue weighted by molar-refractivity contribution is -0.0215. The van der Waals surface area contributed by atoms with Crippen molar-refractivity contribution in [2.75, 3.05) is 25.7 Å². The Morgan fingerprint density at radius 1 is 1.46 bits per heavy atom. The molecule has 0 fully saturated rings.